The van der Waals surface area contributed by atoms with Crippen LogP contribution in [-0.2, 0) is 0 Å². The molecule has 18 heavy (non-hydrogen) atoms. The van der Waals surface area contributed by atoms with Gasteiger partial charge in [0.2, 0.25) is 0 Å². The Hall–Kier alpha value is 1.02. The molecule has 0 heterocycles. The van der Waals surface area contributed by atoms with Crippen LogP contribution in [0.3, 0.4) is 0 Å². The molecule has 0 aromatic heterocycles. The maximum atomic E-state index is 11.4. The van der Waals surface area contributed by atoms with Crippen LogP contribution < -0.4 is 61.5 Å². The first kappa shape index (κ1) is 19.0. The second kappa shape index (κ2) is 11.8. The van der Waals surface area contributed by atoms with Crippen LogP contribution in [0, 0.1) is 0 Å². The van der Waals surface area contributed by atoms with Gasteiger partial charge in [-0.05, 0) is 0 Å². The Morgan fingerprint density at radius 2 is 1.33 bits per heavy atom. The molecule has 0 spiro atoms. The molecule has 2 unspecified atom stereocenters. The van der Waals surface area contributed by atoms with E-state index in [1.165, 1.54) is 0 Å². The molecule has 0 aromatic rings. The van der Waals surface area contributed by atoms with E-state index in [2.05, 4.69) is 10.6 Å². The van der Waals surface area contributed by atoms with Crippen molar-refractivity contribution in [3.05, 3.63) is 0 Å². The van der Waals surface area contributed by atoms with Crippen LogP contribution in [0.2, 0.25) is 0 Å². The maximum absolute atomic E-state index is 11.4. The molecule has 0 aliphatic rings. The summed E-state index contributed by atoms with van der Waals surface area (Å²) in [6.07, 6.45) is 3.93. The van der Waals surface area contributed by atoms with Crippen LogP contribution in [-0.4, -0.2) is 43.9 Å². The standard InChI is InChI=1S/C8H18I2N4O2S2/c1-17-3-5(13-7(15)9-11)6(4-18-2)14-8(16)10-12/h5-6H,3-4,11-12H2,1-2H3,(H,13,15)(H,14,16)/q-2. The van der Waals surface area contributed by atoms with Crippen molar-refractivity contribution in [1.82, 2.24) is 10.6 Å². The van der Waals surface area contributed by atoms with Gasteiger partial charge in [-0.15, -0.1) is 0 Å². The molecule has 0 saturated carbocycles. The summed E-state index contributed by atoms with van der Waals surface area (Å²) in [6.45, 7) is 0. The number of carbonyl (C=O) groups is 2. The second-order valence-corrected chi connectivity index (χ2v) is 8.20. The molecular weight excluding hydrogens is 502 g/mol. The summed E-state index contributed by atoms with van der Waals surface area (Å²) in [5, 5.41) is 5.78. The van der Waals surface area contributed by atoms with Crippen molar-refractivity contribution in [3.63, 3.8) is 0 Å². The number of thioether (sulfide) groups is 2. The predicted octanol–water partition coefficient (Wildman–Crippen LogP) is -6.21. The zero-order valence-corrected chi connectivity index (χ0v) is 16.1. The number of rotatable bonds is 9. The van der Waals surface area contributed by atoms with Gasteiger partial charge in [-0.2, -0.15) is 0 Å². The third-order valence-corrected chi connectivity index (χ3v) is 5.11. The fourth-order valence-electron chi connectivity index (χ4n) is 1.23. The molecule has 6 nitrogen and oxygen atoms in total. The molecule has 0 aliphatic heterocycles. The Balaban J connectivity index is 4.62. The number of amides is 2. The Kier molecular flexibility index (Phi) is 12.5. The minimum atomic E-state index is -0.957. The molecule has 0 fully saturated rings. The summed E-state index contributed by atoms with van der Waals surface area (Å²) in [5.41, 5.74) is 0. The molecule has 6 N–H and O–H groups in total. The van der Waals surface area contributed by atoms with Crippen LogP contribution in [0.5, 0.6) is 0 Å². The van der Waals surface area contributed by atoms with E-state index in [0.29, 0.717) is 0 Å². The minimum absolute atomic E-state index is 0.0947. The molecule has 2 atom stereocenters. The van der Waals surface area contributed by atoms with E-state index >= 15 is 0 Å². The van der Waals surface area contributed by atoms with Gasteiger partial charge < -0.3 is 0 Å². The third-order valence-electron chi connectivity index (χ3n) is 1.97. The topological polar surface area (TPSA) is 110 Å². The zero-order chi connectivity index (χ0) is 14.0. The Bertz CT molecular complexity index is 247. The van der Waals surface area contributed by atoms with Gasteiger partial charge in [0.1, 0.15) is 0 Å². The third kappa shape index (κ3) is 8.24. The molecule has 2 amide bonds. The van der Waals surface area contributed by atoms with Crippen molar-refractivity contribution in [3.8, 4) is 0 Å². The number of nitrogens with one attached hydrogen (secondary N) is 2. The first-order valence-electron chi connectivity index (χ1n) is 4.84. The Labute approximate surface area is 137 Å². The van der Waals surface area contributed by atoms with Crippen molar-refractivity contribution in [2.24, 2.45) is 7.89 Å². The summed E-state index contributed by atoms with van der Waals surface area (Å²) in [6, 6.07) is -0.189. The van der Waals surface area contributed by atoms with Gasteiger partial charge in [0, 0.05) is 0 Å². The second-order valence-electron chi connectivity index (χ2n) is 3.18. The van der Waals surface area contributed by atoms with Crippen molar-refractivity contribution in [2.45, 2.75) is 12.1 Å². The Morgan fingerprint density at radius 1 is 1.00 bits per heavy atom. The van der Waals surface area contributed by atoms with E-state index in [1.54, 1.807) is 23.5 Å². The monoisotopic (exact) mass is 520 g/mol. The summed E-state index contributed by atoms with van der Waals surface area (Å²) in [5.74, 6) is 1.48. The first-order valence-corrected chi connectivity index (χ1v) is 12.3. The molecule has 0 bridgehead atoms. The van der Waals surface area contributed by atoms with Crippen LogP contribution in [0.25, 0.3) is 0 Å². The van der Waals surface area contributed by atoms with E-state index in [4.69, 9.17) is 7.89 Å². The Morgan fingerprint density at radius 3 is 1.56 bits per heavy atom. The summed E-state index contributed by atoms with van der Waals surface area (Å²) < 4.78 is 10.6. The SMILES string of the molecule is CSCC(NC(=O)[I-]N)C(CSC)NC(=O)[I-]N. The van der Waals surface area contributed by atoms with E-state index in [0.717, 1.165) is 11.5 Å². The molecule has 0 aliphatic carbocycles. The van der Waals surface area contributed by atoms with Gasteiger partial charge in [0.15, 0.2) is 0 Å². The average Bonchev–Trinajstić information content (AvgIpc) is 2.37. The van der Waals surface area contributed by atoms with Gasteiger partial charge in [0.25, 0.3) is 0 Å². The average molecular weight is 520 g/mol. The van der Waals surface area contributed by atoms with E-state index in [-0.39, 0.29) is 19.9 Å². The van der Waals surface area contributed by atoms with Gasteiger partial charge in [-0.25, -0.2) is 0 Å². The summed E-state index contributed by atoms with van der Waals surface area (Å²) in [4.78, 5) is 22.9. The molecule has 0 rings (SSSR count). The number of halogens is 2. The predicted molar refractivity (Wildman–Crippen MR) is 69.8 cm³/mol. The van der Waals surface area contributed by atoms with Crippen molar-refractivity contribution in [2.75, 3.05) is 24.0 Å². The summed E-state index contributed by atoms with van der Waals surface area (Å²) >= 11 is 1.34. The molecular formula is C8H18I2N4O2S2-2. The van der Waals surface area contributed by atoms with Crippen LogP contribution >= 0.6 is 23.5 Å². The van der Waals surface area contributed by atoms with E-state index in [9.17, 15) is 9.59 Å². The van der Waals surface area contributed by atoms with Gasteiger partial charge in [-0.1, -0.05) is 0 Å². The van der Waals surface area contributed by atoms with E-state index < -0.39 is 43.0 Å². The molecule has 0 saturated heterocycles. The van der Waals surface area contributed by atoms with Crippen LogP contribution in [0.4, 0.5) is 9.59 Å². The van der Waals surface area contributed by atoms with Crippen LogP contribution in [0.1, 0.15) is 0 Å². The number of carbonyl (C=O) groups excluding carboxylic acids is 2. The molecule has 10 heteroatoms. The van der Waals surface area contributed by atoms with Crippen molar-refractivity contribution >= 4 is 31.4 Å². The molecule has 0 radical (unpaired) electrons. The number of hydrogen-bond acceptors (Lipinski definition) is 6. The fourth-order valence-corrected chi connectivity index (χ4v) is 3.74. The van der Waals surface area contributed by atoms with Crippen molar-refractivity contribution < 1.29 is 52.5 Å². The fraction of sp³-hybridized carbons (Fsp3) is 0.750. The van der Waals surface area contributed by atoms with Gasteiger partial charge in [-0.3, -0.25) is 0 Å². The molecule has 0 aromatic carbocycles. The normalized spacial score (nSPS) is 14.2. The zero-order valence-electron chi connectivity index (χ0n) is 10.1. The van der Waals surface area contributed by atoms with Gasteiger partial charge >= 0.3 is 139 Å². The quantitative estimate of drug-likeness (QED) is 0.104. The van der Waals surface area contributed by atoms with Gasteiger partial charge in [0.05, 0.1) is 0 Å². The molecule has 110 valence electrons. The first-order chi connectivity index (χ1) is 8.58. The number of nitrogens with two attached hydrogens (primary N) is 2. The summed E-state index contributed by atoms with van der Waals surface area (Å²) in [7, 11) is 0. The van der Waals surface area contributed by atoms with Crippen LogP contribution in [0.15, 0.2) is 0 Å². The van der Waals surface area contributed by atoms with Crippen molar-refractivity contribution in [1.29, 1.82) is 0 Å². The van der Waals surface area contributed by atoms with E-state index in [1.807, 2.05) is 12.5 Å². The number of hydrogen-bond donors (Lipinski definition) is 4.